The SMILES string of the molecule is CC(O)CCN(C)c1nc(N)nc2[nH]ncc12. The van der Waals surface area contributed by atoms with Gasteiger partial charge in [0.25, 0.3) is 0 Å². The van der Waals surface area contributed by atoms with Crippen LogP contribution < -0.4 is 10.6 Å². The van der Waals surface area contributed by atoms with Gasteiger partial charge < -0.3 is 15.7 Å². The van der Waals surface area contributed by atoms with Crippen molar-refractivity contribution in [3.8, 4) is 0 Å². The number of hydrogen-bond donors (Lipinski definition) is 3. The zero-order valence-corrected chi connectivity index (χ0v) is 9.88. The molecule has 1 unspecified atom stereocenters. The molecule has 7 heteroatoms. The van der Waals surface area contributed by atoms with Crippen molar-refractivity contribution in [2.75, 3.05) is 24.2 Å². The molecule has 0 aliphatic carbocycles. The molecule has 0 aliphatic heterocycles. The van der Waals surface area contributed by atoms with Crippen LogP contribution in [0.1, 0.15) is 13.3 Å². The number of aliphatic hydroxyl groups excluding tert-OH is 1. The number of aromatic nitrogens is 4. The summed E-state index contributed by atoms with van der Waals surface area (Å²) in [5, 5.41) is 16.8. The average molecular weight is 236 g/mol. The Morgan fingerprint density at radius 3 is 3.00 bits per heavy atom. The third-order valence-corrected chi connectivity index (χ3v) is 2.55. The van der Waals surface area contributed by atoms with E-state index in [9.17, 15) is 5.11 Å². The number of aliphatic hydroxyl groups is 1. The molecule has 17 heavy (non-hydrogen) atoms. The van der Waals surface area contributed by atoms with Crippen LogP contribution >= 0.6 is 0 Å². The van der Waals surface area contributed by atoms with Crippen LogP contribution in [0.15, 0.2) is 6.20 Å². The van der Waals surface area contributed by atoms with Gasteiger partial charge in [-0.2, -0.15) is 15.1 Å². The zero-order valence-electron chi connectivity index (χ0n) is 9.88. The minimum Gasteiger partial charge on any atom is -0.393 e. The number of H-pyrrole nitrogens is 1. The first-order valence-corrected chi connectivity index (χ1v) is 5.43. The Morgan fingerprint density at radius 2 is 2.29 bits per heavy atom. The number of anilines is 2. The second-order valence-corrected chi connectivity index (χ2v) is 4.10. The highest BCUT2D eigenvalue weighted by Crippen LogP contribution is 2.22. The molecule has 0 fully saturated rings. The van der Waals surface area contributed by atoms with Gasteiger partial charge in [-0.25, -0.2) is 0 Å². The highest BCUT2D eigenvalue weighted by Gasteiger charge is 2.12. The maximum atomic E-state index is 9.27. The zero-order chi connectivity index (χ0) is 12.4. The summed E-state index contributed by atoms with van der Waals surface area (Å²) in [6, 6.07) is 0. The van der Waals surface area contributed by atoms with Crippen molar-refractivity contribution in [1.82, 2.24) is 20.2 Å². The van der Waals surface area contributed by atoms with Crippen molar-refractivity contribution in [2.24, 2.45) is 0 Å². The van der Waals surface area contributed by atoms with Crippen LogP contribution in [0.2, 0.25) is 0 Å². The molecule has 0 saturated heterocycles. The molecule has 0 aliphatic rings. The third-order valence-electron chi connectivity index (χ3n) is 2.55. The quantitative estimate of drug-likeness (QED) is 0.697. The van der Waals surface area contributed by atoms with Crippen LogP contribution in [0.5, 0.6) is 0 Å². The molecule has 0 radical (unpaired) electrons. The van der Waals surface area contributed by atoms with Crippen molar-refractivity contribution >= 4 is 22.8 Å². The van der Waals surface area contributed by atoms with E-state index >= 15 is 0 Å². The standard InChI is InChI=1S/C10H16N6O/c1-6(17)3-4-16(2)9-7-5-12-15-8(7)13-10(11)14-9/h5-6,17H,3-4H2,1-2H3,(H3,11,12,13,14,15). The maximum absolute atomic E-state index is 9.27. The largest absolute Gasteiger partial charge is 0.393 e. The lowest BCUT2D eigenvalue weighted by Crippen LogP contribution is -2.23. The topological polar surface area (TPSA) is 104 Å². The van der Waals surface area contributed by atoms with Gasteiger partial charge in [0, 0.05) is 13.6 Å². The summed E-state index contributed by atoms with van der Waals surface area (Å²) in [6.07, 6.45) is 2.00. The van der Waals surface area contributed by atoms with E-state index in [1.807, 2.05) is 11.9 Å². The molecule has 7 nitrogen and oxygen atoms in total. The molecule has 2 rings (SSSR count). The molecule has 0 bridgehead atoms. The summed E-state index contributed by atoms with van der Waals surface area (Å²) < 4.78 is 0. The summed E-state index contributed by atoms with van der Waals surface area (Å²) in [4.78, 5) is 10.2. The van der Waals surface area contributed by atoms with Gasteiger partial charge in [0.2, 0.25) is 5.95 Å². The van der Waals surface area contributed by atoms with Gasteiger partial charge >= 0.3 is 0 Å². The van der Waals surface area contributed by atoms with Crippen LogP contribution in [0.4, 0.5) is 11.8 Å². The summed E-state index contributed by atoms with van der Waals surface area (Å²) in [7, 11) is 1.90. The molecule has 0 saturated carbocycles. The Kier molecular flexibility index (Phi) is 3.10. The van der Waals surface area contributed by atoms with Crippen molar-refractivity contribution < 1.29 is 5.11 Å². The fourth-order valence-corrected chi connectivity index (χ4v) is 1.61. The molecule has 0 amide bonds. The minimum absolute atomic E-state index is 0.209. The summed E-state index contributed by atoms with van der Waals surface area (Å²) in [5.74, 6) is 0.933. The third kappa shape index (κ3) is 2.44. The molecule has 2 aromatic heterocycles. The van der Waals surface area contributed by atoms with Crippen LogP contribution in [0.25, 0.3) is 11.0 Å². The van der Waals surface area contributed by atoms with Crippen LogP contribution in [-0.2, 0) is 0 Å². The highest BCUT2D eigenvalue weighted by atomic mass is 16.3. The van der Waals surface area contributed by atoms with E-state index in [0.717, 1.165) is 11.2 Å². The fraction of sp³-hybridized carbons (Fsp3) is 0.500. The van der Waals surface area contributed by atoms with Crippen LogP contribution in [-0.4, -0.2) is 45.0 Å². The Morgan fingerprint density at radius 1 is 1.53 bits per heavy atom. The van der Waals surface area contributed by atoms with E-state index in [1.165, 1.54) is 0 Å². The number of nitrogens with zero attached hydrogens (tertiary/aromatic N) is 4. The second-order valence-electron chi connectivity index (χ2n) is 4.10. The number of nitrogens with two attached hydrogens (primary N) is 1. The molecule has 4 N–H and O–H groups in total. The van der Waals surface area contributed by atoms with Gasteiger partial charge in [-0.05, 0) is 13.3 Å². The number of hydrogen-bond acceptors (Lipinski definition) is 6. The van der Waals surface area contributed by atoms with Crippen molar-refractivity contribution in [3.63, 3.8) is 0 Å². The summed E-state index contributed by atoms with van der Waals surface area (Å²) in [6.45, 7) is 2.45. The van der Waals surface area contributed by atoms with E-state index in [2.05, 4.69) is 20.2 Å². The fourth-order valence-electron chi connectivity index (χ4n) is 1.61. The maximum Gasteiger partial charge on any atom is 0.224 e. The van der Waals surface area contributed by atoms with Gasteiger partial charge in [-0.15, -0.1) is 0 Å². The van der Waals surface area contributed by atoms with Crippen LogP contribution in [0.3, 0.4) is 0 Å². The smallest absolute Gasteiger partial charge is 0.224 e. The van der Waals surface area contributed by atoms with E-state index in [0.29, 0.717) is 18.6 Å². The predicted molar refractivity (Wildman–Crippen MR) is 65.7 cm³/mol. The lowest BCUT2D eigenvalue weighted by atomic mass is 10.2. The lowest BCUT2D eigenvalue weighted by molar-refractivity contribution is 0.187. The number of rotatable bonds is 4. The molecule has 92 valence electrons. The minimum atomic E-state index is -0.337. The first-order chi connectivity index (χ1) is 8.08. The van der Waals surface area contributed by atoms with Gasteiger partial charge in [-0.1, -0.05) is 0 Å². The Balaban J connectivity index is 2.30. The summed E-state index contributed by atoms with van der Waals surface area (Å²) >= 11 is 0. The monoisotopic (exact) mass is 236 g/mol. The van der Waals surface area contributed by atoms with Gasteiger partial charge in [0.05, 0.1) is 17.7 Å². The van der Waals surface area contributed by atoms with Crippen molar-refractivity contribution in [1.29, 1.82) is 0 Å². The molecule has 2 heterocycles. The Labute approximate surface area is 98.7 Å². The number of nitrogen functional groups attached to an aromatic ring is 1. The van der Waals surface area contributed by atoms with E-state index < -0.39 is 0 Å². The molecular weight excluding hydrogens is 220 g/mol. The number of aromatic amines is 1. The van der Waals surface area contributed by atoms with E-state index in [4.69, 9.17) is 5.73 Å². The second kappa shape index (κ2) is 4.54. The Hall–Kier alpha value is -1.89. The Bertz CT molecular complexity index is 508. The number of fused-ring (bicyclic) bond motifs is 1. The molecule has 2 aromatic rings. The van der Waals surface area contributed by atoms with Crippen LogP contribution in [0, 0.1) is 0 Å². The van der Waals surface area contributed by atoms with Crippen molar-refractivity contribution in [3.05, 3.63) is 6.20 Å². The molecule has 0 aromatic carbocycles. The predicted octanol–water partition coefficient (Wildman–Crippen LogP) is 0.142. The summed E-state index contributed by atoms with van der Waals surface area (Å²) in [5.41, 5.74) is 6.25. The first-order valence-electron chi connectivity index (χ1n) is 5.43. The molecule has 1 atom stereocenters. The van der Waals surface area contributed by atoms with Crippen molar-refractivity contribution in [2.45, 2.75) is 19.4 Å². The molecular formula is C10H16N6O. The molecule has 0 spiro atoms. The highest BCUT2D eigenvalue weighted by molar-refractivity contribution is 5.87. The average Bonchev–Trinajstić information content (AvgIpc) is 2.72. The van der Waals surface area contributed by atoms with E-state index in [-0.39, 0.29) is 12.1 Å². The van der Waals surface area contributed by atoms with E-state index in [1.54, 1.807) is 13.1 Å². The van der Waals surface area contributed by atoms with Gasteiger partial charge in [-0.3, -0.25) is 5.10 Å². The lowest BCUT2D eigenvalue weighted by Gasteiger charge is -2.19. The van der Waals surface area contributed by atoms with Gasteiger partial charge in [0.15, 0.2) is 5.65 Å². The number of nitrogens with one attached hydrogen (secondary N) is 1. The first kappa shape index (κ1) is 11.6. The van der Waals surface area contributed by atoms with Gasteiger partial charge in [0.1, 0.15) is 5.82 Å². The normalized spacial score (nSPS) is 12.9.